The lowest BCUT2D eigenvalue weighted by molar-refractivity contribution is -0.150. The smallest absolute Gasteiger partial charge is 0.329 e. The van der Waals surface area contributed by atoms with E-state index in [1.807, 2.05) is 0 Å². The molecule has 2 saturated heterocycles. The van der Waals surface area contributed by atoms with Crippen molar-refractivity contribution in [3.8, 4) is 0 Å². The van der Waals surface area contributed by atoms with Crippen molar-refractivity contribution in [1.82, 2.24) is 15.1 Å². The highest BCUT2D eigenvalue weighted by molar-refractivity contribution is 5.86. The summed E-state index contributed by atoms with van der Waals surface area (Å²) >= 11 is 0. The number of likely N-dealkylation sites (tertiary alicyclic amines) is 2. The molecule has 0 aromatic carbocycles. The van der Waals surface area contributed by atoms with Gasteiger partial charge in [0, 0.05) is 19.1 Å². The van der Waals surface area contributed by atoms with Gasteiger partial charge in [-0.2, -0.15) is 0 Å². The minimum Gasteiger partial charge on any atom is -0.480 e. The normalized spacial score (nSPS) is 28.4. The molecule has 0 aromatic rings. The van der Waals surface area contributed by atoms with E-state index in [0.717, 1.165) is 25.9 Å². The maximum absolute atomic E-state index is 12.4. The van der Waals surface area contributed by atoms with Crippen molar-refractivity contribution >= 4 is 12.0 Å². The van der Waals surface area contributed by atoms with Crippen molar-refractivity contribution in [2.24, 2.45) is 0 Å². The lowest BCUT2D eigenvalue weighted by atomic mass is 9.89. The number of amides is 2. The van der Waals surface area contributed by atoms with E-state index in [2.05, 4.69) is 17.1 Å². The van der Waals surface area contributed by atoms with Crippen LogP contribution < -0.4 is 5.32 Å². The number of hydrogen-bond acceptors (Lipinski definition) is 3. The van der Waals surface area contributed by atoms with Crippen LogP contribution in [0.2, 0.25) is 0 Å². The zero-order valence-electron chi connectivity index (χ0n) is 13.1. The zero-order valence-corrected chi connectivity index (χ0v) is 13.1. The van der Waals surface area contributed by atoms with Crippen molar-refractivity contribution in [3.63, 3.8) is 0 Å². The lowest BCUT2D eigenvalue weighted by Crippen LogP contribution is -2.60. The van der Waals surface area contributed by atoms with Gasteiger partial charge in [-0.25, -0.2) is 9.59 Å². The van der Waals surface area contributed by atoms with E-state index in [0.29, 0.717) is 25.6 Å². The first-order valence-electron chi connectivity index (χ1n) is 7.98. The van der Waals surface area contributed by atoms with Crippen LogP contribution in [0.5, 0.6) is 0 Å². The Balaban J connectivity index is 1.90. The third-order valence-electron chi connectivity index (χ3n) is 4.91. The van der Waals surface area contributed by atoms with Gasteiger partial charge in [0.2, 0.25) is 0 Å². The van der Waals surface area contributed by atoms with Crippen molar-refractivity contribution in [2.45, 2.75) is 57.5 Å². The van der Waals surface area contributed by atoms with Gasteiger partial charge in [-0.15, -0.1) is 0 Å². The molecular formula is C15H27N3O3. The molecule has 2 rings (SSSR count). The fourth-order valence-electron chi connectivity index (χ4n) is 3.31. The minimum atomic E-state index is -1.07. The maximum atomic E-state index is 12.4. The minimum absolute atomic E-state index is 0.245. The highest BCUT2D eigenvalue weighted by Crippen LogP contribution is 2.28. The maximum Gasteiger partial charge on any atom is 0.329 e. The van der Waals surface area contributed by atoms with Crippen LogP contribution in [0, 0.1) is 0 Å². The number of hydrogen-bond donors (Lipinski definition) is 2. The number of urea groups is 1. The SMILES string of the molecule is CC(CNC(=O)N1CCCCC1(C)C(=O)O)N1CCCC1. The van der Waals surface area contributed by atoms with Crippen molar-refractivity contribution in [1.29, 1.82) is 0 Å². The van der Waals surface area contributed by atoms with Gasteiger partial charge >= 0.3 is 12.0 Å². The molecule has 2 unspecified atom stereocenters. The van der Waals surface area contributed by atoms with E-state index in [-0.39, 0.29) is 6.03 Å². The quantitative estimate of drug-likeness (QED) is 0.825. The molecule has 2 heterocycles. The van der Waals surface area contributed by atoms with Crippen LogP contribution in [-0.2, 0) is 4.79 Å². The van der Waals surface area contributed by atoms with Gasteiger partial charge in [0.1, 0.15) is 5.54 Å². The van der Waals surface area contributed by atoms with E-state index < -0.39 is 11.5 Å². The molecule has 2 aliphatic heterocycles. The summed E-state index contributed by atoms with van der Waals surface area (Å²) in [5.74, 6) is -0.912. The highest BCUT2D eigenvalue weighted by atomic mass is 16.4. The molecule has 0 radical (unpaired) electrons. The summed E-state index contributed by atoms with van der Waals surface area (Å²) in [6, 6.07) is 0.0583. The van der Waals surface area contributed by atoms with Crippen molar-refractivity contribution in [2.75, 3.05) is 26.2 Å². The second-order valence-electron chi connectivity index (χ2n) is 6.47. The van der Waals surface area contributed by atoms with Gasteiger partial charge in [0.15, 0.2) is 0 Å². The van der Waals surface area contributed by atoms with Crippen LogP contribution in [0.25, 0.3) is 0 Å². The molecule has 0 bridgehead atoms. The third-order valence-corrected chi connectivity index (χ3v) is 4.91. The molecule has 21 heavy (non-hydrogen) atoms. The summed E-state index contributed by atoms with van der Waals surface area (Å²) in [5, 5.41) is 12.4. The van der Waals surface area contributed by atoms with Gasteiger partial charge in [-0.05, 0) is 59.0 Å². The summed E-state index contributed by atoms with van der Waals surface area (Å²) < 4.78 is 0. The van der Waals surface area contributed by atoms with E-state index >= 15 is 0 Å². The van der Waals surface area contributed by atoms with E-state index in [4.69, 9.17) is 0 Å². The summed E-state index contributed by atoms with van der Waals surface area (Å²) in [7, 11) is 0. The number of carboxylic acid groups (broad SMARTS) is 1. The second kappa shape index (κ2) is 6.64. The number of aliphatic carboxylic acids is 1. The summed E-state index contributed by atoms with van der Waals surface area (Å²) in [4.78, 5) is 27.7. The first-order valence-corrected chi connectivity index (χ1v) is 7.98. The number of carbonyl (C=O) groups is 2. The first kappa shape index (κ1) is 16.1. The summed E-state index contributed by atoms with van der Waals surface area (Å²) in [5.41, 5.74) is -1.07. The molecular weight excluding hydrogens is 270 g/mol. The van der Waals surface area contributed by atoms with Gasteiger partial charge in [-0.1, -0.05) is 0 Å². The fraction of sp³-hybridized carbons (Fsp3) is 0.867. The van der Waals surface area contributed by atoms with Crippen LogP contribution in [-0.4, -0.2) is 64.7 Å². The van der Waals surface area contributed by atoms with E-state index in [1.165, 1.54) is 17.7 Å². The average molecular weight is 297 g/mol. The van der Waals surface area contributed by atoms with Crippen LogP contribution in [0.3, 0.4) is 0 Å². The zero-order chi connectivity index (χ0) is 15.5. The Kier molecular flexibility index (Phi) is 5.08. The van der Waals surface area contributed by atoms with Crippen LogP contribution in [0.4, 0.5) is 4.79 Å². The van der Waals surface area contributed by atoms with Gasteiger partial charge in [0.25, 0.3) is 0 Å². The molecule has 2 amide bonds. The first-order chi connectivity index (χ1) is 9.95. The molecule has 2 fully saturated rings. The van der Waals surface area contributed by atoms with Gasteiger partial charge in [-0.3, -0.25) is 4.90 Å². The predicted octanol–water partition coefficient (Wildman–Crippen LogP) is 1.51. The monoisotopic (exact) mass is 297 g/mol. The van der Waals surface area contributed by atoms with Gasteiger partial charge in [0.05, 0.1) is 0 Å². The standard InChI is InChI=1S/C15H27N3O3/c1-12(17-8-5-6-9-17)11-16-14(21)18-10-4-3-7-15(18,2)13(19)20/h12H,3-11H2,1-2H3,(H,16,21)(H,19,20). The molecule has 6 nitrogen and oxygen atoms in total. The number of carboxylic acids is 1. The Morgan fingerprint density at radius 2 is 1.81 bits per heavy atom. The Morgan fingerprint density at radius 3 is 2.43 bits per heavy atom. The largest absolute Gasteiger partial charge is 0.480 e. The number of carbonyl (C=O) groups excluding carboxylic acids is 1. The number of piperidine rings is 1. The highest BCUT2D eigenvalue weighted by Gasteiger charge is 2.44. The molecule has 0 aliphatic carbocycles. The fourth-order valence-corrected chi connectivity index (χ4v) is 3.31. The molecule has 0 aromatic heterocycles. The second-order valence-corrected chi connectivity index (χ2v) is 6.47. The summed E-state index contributed by atoms with van der Waals surface area (Å²) in [6.07, 6.45) is 4.70. The van der Waals surface area contributed by atoms with Crippen molar-refractivity contribution < 1.29 is 14.7 Å². The third kappa shape index (κ3) is 3.48. The molecule has 0 saturated carbocycles. The summed E-state index contributed by atoms with van der Waals surface area (Å²) in [6.45, 7) is 7.04. The van der Waals surface area contributed by atoms with Crippen LogP contribution in [0.1, 0.15) is 46.0 Å². The van der Waals surface area contributed by atoms with E-state index in [9.17, 15) is 14.7 Å². The molecule has 2 N–H and O–H groups in total. The number of rotatable bonds is 4. The van der Waals surface area contributed by atoms with E-state index in [1.54, 1.807) is 6.92 Å². The average Bonchev–Trinajstić information content (AvgIpc) is 2.99. The molecule has 6 heteroatoms. The Bertz CT molecular complexity index is 396. The molecule has 120 valence electrons. The molecule has 0 spiro atoms. The lowest BCUT2D eigenvalue weighted by Gasteiger charge is -2.41. The Labute approximate surface area is 126 Å². The van der Waals surface area contributed by atoms with Crippen LogP contribution in [0.15, 0.2) is 0 Å². The molecule has 2 aliphatic rings. The molecule has 2 atom stereocenters. The van der Waals surface area contributed by atoms with Gasteiger partial charge < -0.3 is 15.3 Å². The Hall–Kier alpha value is -1.30. The topological polar surface area (TPSA) is 72.9 Å². The number of nitrogens with zero attached hydrogens (tertiary/aromatic N) is 2. The van der Waals surface area contributed by atoms with Crippen LogP contribution >= 0.6 is 0 Å². The predicted molar refractivity (Wildman–Crippen MR) is 80.3 cm³/mol. The number of nitrogens with one attached hydrogen (secondary N) is 1. The Morgan fingerprint density at radius 1 is 1.19 bits per heavy atom. The van der Waals surface area contributed by atoms with Crippen molar-refractivity contribution in [3.05, 3.63) is 0 Å².